The number of amidine groups is 1. The van der Waals surface area contributed by atoms with Crippen LogP contribution in [0.2, 0.25) is 0 Å². The maximum absolute atomic E-state index is 12.7. The minimum atomic E-state index is -4.05. The zero-order valence-corrected chi connectivity index (χ0v) is 18.9. The van der Waals surface area contributed by atoms with Crippen molar-refractivity contribution >= 4 is 43.8 Å². The second kappa shape index (κ2) is 8.32. The number of nitrogens with zero attached hydrogens (tertiary/aromatic N) is 1. The van der Waals surface area contributed by atoms with E-state index < -0.39 is 28.0 Å². The van der Waals surface area contributed by atoms with E-state index in [-0.39, 0.29) is 10.9 Å². The summed E-state index contributed by atoms with van der Waals surface area (Å²) in [5, 5.41) is 19.2. The molecule has 2 aromatic carbocycles. The Morgan fingerprint density at radius 2 is 1.74 bits per heavy atom. The average Bonchev–Trinajstić information content (AvgIpc) is 3.07. The lowest BCUT2D eigenvalue weighted by Gasteiger charge is -2.24. The van der Waals surface area contributed by atoms with Crippen LogP contribution in [-0.2, 0) is 14.8 Å². The first-order valence-corrected chi connectivity index (χ1v) is 11.4. The molecule has 0 aliphatic rings. The van der Waals surface area contributed by atoms with E-state index in [1.54, 1.807) is 32.0 Å². The Morgan fingerprint density at radius 3 is 2.32 bits per heavy atom. The van der Waals surface area contributed by atoms with Crippen molar-refractivity contribution in [2.24, 2.45) is 5.92 Å². The predicted octanol–water partition coefficient (Wildman–Crippen LogP) is 3.64. The minimum Gasteiger partial charge on any atom is -0.480 e. The Labute approximate surface area is 181 Å². The van der Waals surface area contributed by atoms with Gasteiger partial charge in [0.25, 0.3) is 0 Å². The summed E-state index contributed by atoms with van der Waals surface area (Å²) in [5.74, 6) is -1.27. The maximum atomic E-state index is 12.7. The molecule has 0 radical (unpaired) electrons. The number of hydrogen-bond donors (Lipinski definition) is 3. The first-order chi connectivity index (χ1) is 14.4. The number of nitrogens with one attached hydrogen (secondary N) is 2. The normalized spacial score (nSPS) is 13.3. The lowest BCUT2D eigenvalue weighted by molar-refractivity contribution is -0.140. The maximum Gasteiger partial charge on any atom is 0.322 e. The molecule has 0 fully saturated rings. The van der Waals surface area contributed by atoms with E-state index in [9.17, 15) is 18.3 Å². The van der Waals surface area contributed by atoms with E-state index in [2.05, 4.69) is 4.72 Å². The van der Waals surface area contributed by atoms with Crippen molar-refractivity contribution in [3.8, 4) is 0 Å². The molecule has 1 aromatic heterocycles. The summed E-state index contributed by atoms with van der Waals surface area (Å²) < 4.78 is 33.6. The van der Waals surface area contributed by atoms with Gasteiger partial charge in [-0.1, -0.05) is 13.8 Å². The molecule has 3 rings (SSSR count). The van der Waals surface area contributed by atoms with Crippen LogP contribution in [-0.4, -0.2) is 49.4 Å². The quantitative estimate of drug-likeness (QED) is 0.377. The van der Waals surface area contributed by atoms with Gasteiger partial charge < -0.3 is 14.4 Å². The monoisotopic (exact) mass is 445 g/mol. The van der Waals surface area contributed by atoms with Gasteiger partial charge in [0.1, 0.15) is 23.0 Å². The van der Waals surface area contributed by atoms with Crippen LogP contribution in [0.5, 0.6) is 0 Å². The van der Waals surface area contributed by atoms with E-state index in [1.165, 1.54) is 12.1 Å². The first-order valence-electron chi connectivity index (χ1n) is 9.95. The molecule has 166 valence electrons. The topological polar surface area (TPSA) is 124 Å². The lowest BCUT2D eigenvalue weighted by Crippen LogP contribution is -2.44. The summed E-state index contributed by atoms with van der Waals surface area (Å²) in [7, 11) is -2.19. The van der Waals surface area contributed by atoms with Crippen LogP contribution in [0.3, 0.4) is 0 Å². The third-order valence-corrected chi connectivity index (χ3v) is 6.81. The number of sulfonamides is 1. The number of carboxylic acid groups (broad SMARTS) is 1. The molecule has 8 nitrogen and oxygen atoms in total. The minimum absolute atomic E-state index is 0.0709. The van der Waals surface area contributed by atoms with Crippen LogP contribution in [0.1, 0.15) is 33.3 Å². The first kappa shape index (κ1) is 22.8. The molecule has 0 saturated heterocycles. The van der Waals surface area contributed by atoms with Gasteiger partial charge in [0.2, 0.25) is 10.0 Å². The molecular formula is C22H27N3O5S. The van der Waals surface area contributed by atoms with Crippen LogP contribution in [0.4, 0.5) is 0 Å². The molecule has 0 bridgehead atoms. The lowest BCUT2D eigenvalue weighted by atomic mass is 10.1. The molecule has 3 N–H and O–H groups in total. The predicted molar refractivity (Wildman–Crippen MR) is 120 cm³/mol. The molecule has 3 aromatic rings. The molecule has 0 unspecified atom stereocenters. The number of hydrogen-bond acceptors (Lipinski definition) is 5. The molecule has 0 amide bonds. The Kier molecular flexibility index (Phi) is 6.11. The third kappa shape index (κ3) is 4.42. The number of carbonyl (C=O) groups is 1. The van der Waals surface area contributed by atoms with Gasteiger partial charge in [-0.15, -0.1) is 0 Å². The average molecular weight is 446 g/mol. The fourth-order valence-electron chi connectivity index (χ4n) is 3.24. The summed E-state index contributed by atoms with van der Waals surface area (Å²) in [6.45, 7) is 7.28. The van der Waals surface area contributed by atoms with E-state index in [4.69, 9.17) is 9.83 Å². The highest BCUT2D eigenvalue weighted by molar-refractivity contribution is 7.89. The van der Waals surface area contributed by atoms with Crippen molar-refractivity contribution in [2.45, 2.75) is 44.7 Å². The van der Waals surface area contributed by atoms with Crippen molar-refractivity contribution < 1.29 is 22.7 Å². The highest BCUT2D eigenvalue weighted by atomic mass is 32.2. The largest absolute Gasteiger partial charge is 0.480 e. The number of carboxylic acids is 1. The van der Waals surface area contributed by atoms with Crippen molar-refractivity contribution in [3.05, 3.63) is 42.0 Å². The Morgan fingerprint density at radius 1 is 1.06 bits per heavy atom. The van der Waals surface area contributed by atoms with Gasteiger partial charge in [0.05, 0.1) is 4.90 Å². The van der Waals surface area contributed by atoms with E-state index >= 15 is 0 Å². The third-order valence-electron chi connectivity index (χ3n) is 5.37. The smallest absolute Gasteiger partial charge is 0.322 e. The van der Waals surface area contributed by atoms with Gasteiger partial charge in [0, 0.05) is 35.5 Å². The summed E-state index contributed by atoms with van der Waals surface area (Å²) in [6, 6.07) is 8.81. The molecule has 0 aliphatic heterocycles. The van der Waals surface area contributed by atoms with Crippen molar-refractivity contribution in [2.75, 3.05) is 7.05 Å². The van der Waals surface area contributed by atoms with E-state index in [1.807, 2.05) is 31.9 Å². The van der Waals surface area contributed by atoms with E-state index in [0.717, 1.165) is 16.3 Å². The zero-order valence-electron chi connectivity index (χ0n) is 18.1. The number of furan rings is 1. The molecule has 1 heterocycles. The molecule has 0 spiro atoms. The highest BCUT2D eigenvalue weighted by Gasteiger charge is 2.28. The highest BCUT2D eigenvalue weighted by Crippen LogP contribution is 2.31. The SMILES string of the molecule is CC(C)[C@H](NS(=O)(=O)c1ccc2c(c1)oc1ccc(C(=N)N(C)C(C)C)cc12)C(=O)O. The molecule has 1 atom stereocenters. The van der Waals surface area contributed by atoms with Crippen molar-refractivity contribution in [1.29, 1.82) is 5.41 Å². The fourth-order valence-corrected chi connectivity index (χ4v) is 4.59. The van der Waals surface area contributed by atoms with Crippen LogP contribution in [0.15, 0.2) is 45.7 Å². The van der Waals surface area contributed by atoms with Crippen LogP contribution in [0.25, 0.3) is 21.9 Å². The molecule has 0 saturated carbocycles. The summed E-state index contributed by atoms with van der Waals surface area (Å²) >= 11 is 0. The molecular weight excluding hydrogens is 418 g/mol. The van der Waals surface area contributed by atoms with E-state index in [0.29, 0.717) is 17.0 Å². The number of aliphatic carboxylic acids is 1. The Bertz CT molecular complexity index is 1260. The summed E-state index contributed by atoms with van der Waals surface area (Å²) in [4.78, 5) is 13.2. The second-order valence-corrected chi connectivity index (χ2v) is 9.92. The fraction of sp³-hybridized carbons (Fsp3) is 0.364. The van der Waals surface area contributed by atoms with Gasteiger partial charge in [0.15, 0.2) is 0 Å². The van der Waals surface area contributed by atoms with Gasteiger partial charge in [-0.2, -0.15) is 4.72 Å². The van der Waals surface area contributed by atoms with Crippen molar-refractivity contribution in [3.63, 3.8) is 0 Å². The zero-order chi connectivity index (χ0) is 23.1. The van der Waals surface area contributed by atoms with Gasteiger partial charge in [-0.3, -0.25) is 10.2 Å². The van der Waals surface area contributed by atoms with Crippen molar-refractivity contribution in [1.82, 2.24) is 9.62 Å². The van der Waals surface area contributed by atoms with Crippen LogP contribution >= 0.6 is 0 Å². The molecule has 9 heteroatoms. The van der Waals surface area contributed by atoms with Crippen LogP contribution in [0, 0.1) is 11.3 Å². The summed E-state index contributed by atoms with van der Waals surface area (Å²) in [6.07, 6.45) is 0. The second-order valence-electron chi connectivity index (χ2n) is 8.21. The standard InChI is InChI=1S/C22H27N3O5S/c1-12(2)20(22(26)27)24-31(28,29)15-7-8-16-17-10-14(21(23)25(5)13(3)4)6-9-18(17)30-19(16)11-15/h6-13,20,23-24H,1-5H3,(H,26,27)/t20-/m0/s1. The number of rotatable bonds is 7. The van der Waals surface area contributed by atoms with Gasteiger partial charge >= 0.3 is 5.97 Å². The molecule has 0 aliphatic carbocycles. The Hall–Kier alpha value is -2.91. The molecule has 31 heavy (non-hydrogen) atoms. The Balaban J connectivity index is 2.03. The van der Waals surface area contributed by atoms with Gasteiger partial charge in [-0.25, -0.2) is 8.42 Å². The van der Waals surface area contributed by atoms with Crippen LogP contribution < -0.4 is 4.72 Å². The van der Waals surface area contributed by atoms with Gasteiger partial charge in [-0.05, 0) is 50.1 Å². The number of benzene rings is 2. The summed E-state index contributed by atoms with van der Waals surface area (Å²) in [5.41, 5.74) is 1.67. The number of fused-ring (bicyclic) bond motifs is 3.